The SMILES string of the molecule is Cl.NCCC(C(F)F)C1CC1. The van der Waals surface area contributed by atoms with Crippen LogP contribution in [0.3, 0.4) is 0 Å². The van der Waals surface area contributed by atoms with Gasteiger partial charge in [0.2, 0.25) is 6.43 Å². The summed E-state index contributed by atoms with van der Waals surface area (Å²) >= 11 is 0. The van der Waals surface area contributed by atoms with E-state index in [1.54, 1.807) is 0 Å². The topological polar surface area (TPSA) is 26.0 Å². The fraction of sp³-hybridized carbons (Fsp3) is 1.00. The van der Waals surface area contributed by atoms with Crippen LogP contribution in [-0.2, 0) is 0 Å². The fourth-order valence-corrected chi connectivity index (χ4v) is 1.28. The van der Waals surface area contributed by atoms with Gasteiger partial charge >= 0.3 is 0 Å². The third-order valence-electron chi connectivity index (χ3n) is 2.05. The van der Waals surface area contributed by atoms with Crippen LogP contribution in [0.25, 0.3) is 0 Å². The molecule has 0 spiro atoms. The van der Waals surface area contributed by atoms with E-state index >= 15 is 0 Å². The van der Waals surface area contributed by atoms with Crippen molar-refractivity contribution in [3.63, 3.8) is 0 Å². The van der Waals surface area contributed by atoms with Gasteiger partial charge in [0, 0.05) is 5.92 Å². The van der Waals surface area contributed by atoms with Crippen molar-refractivity contribution < 1.29 is 8.78 Å². The highest BCUT2D eigenvalue weighted by atomic mass is 35.5. The summed E-state index contributed by atoms with van der Waals surface area (Å²) in [4.78, 5) is 0. The van der Waals surface area contributed by atoms with E-state index in [1.807, 2.05) is 0 Å². The van der Waals surface area contributed by atoms with Crippen LogP contribution in [0.2, 0.25) is 0 Å². The number of rotatable bonds is 4. The van der Waals surface area contributed by atoms with Crippen molar-refractivity contribution in [2.45, 2.75) is 25.7 Å². The minimum atomic E-state index is -2.16. The van der Waals surface area contributed by atoms with Crippen molar-refractivity contribution in [2.75, 3.05) is 6.54 Å². The lowest BCUT2D eigenvalue weighted by atomic mass is 10.0. The number of nitrogens with two attached hydrogens (primary N) is 1. The van der Waals surface area contributed by atoms with E-state index in [1.165, 1.54) is 0 Å². The van der Waals surface area contributed by atoms with Crippen molar-refractivity contribution in [3.05, 3.63) is 0 Å². The Kier molecular flexibility index (Phi) is 4.93. The maximum atomic E-state index is 12.1. The van der Waals surface area contributed by atoms with Crippen molar-refractivity contribution >= 4 is 12.4 Å². The second kappa shape index (κ2) is 4.88. The summed E-state index contributed by atoms with van der Waals surface area (Å²) < 4.78 is 24.2. The predicted molar refractivity (Wildman–Crippen MR) is 43.1 cm³/mol. The van der Waals surface area contributed by atoms with E-state index in [9.17, 15) is 8.78 Å². The Morgan fingerprint density at radius 3 is 2.18 bits per heavy atom. The first-order valence-electron chi connectivity index (χ1n) is 3.74. The normalized spacial score (nSPS) is 19.6. The molecule has 0 saturated heterocycles. The molecule has 1 aliphatic rings. The van der Waals surface area contributed by atoms with Crippen molar-refractivity contribution in [3.8, 4) is 0 Å². The molecule has 11 heavy (non-hydrogen) atoms. The third-order valence-corrected chi connectivity index (χ3v) is 2.05. The van der Waals surface area contributed by atoms with Crippen LogP contribution in [0.5, 0.6) is 0 Å². The standard InChI is InChI=1S/C7H13F2N.ClH/c8-7(9)6(3-4-10)5-1-2-5;/h5-7H,1-4,10H2;1H. The van der Waals surface area contributed by atoms with Gasteiger partial charge in [-0.15, -0.1) is 12.4 Å². The van der Waals surface area contributed by atoms with Gasteiger partial charge in [-0.25, -0.2) is 8.78 Å². The van der Waals surface area contributed by atoms with Gasteiger partial charge in [0.05, 0.1) is 0 Å². The molecule has 1 atom stereocenters. The smallest absolute Gasteiger partial charge is 0.241 e. The van der Waals surface area contributed by atoms with Gasteiger partial charge in [-0.1, -0.05) is 0 Å². The third kappa shape index (κ3) is 3.34. The second-order valence-corrected chi connectivity index (χ2v) is 2.91. The van der Waals surface area contributed by atoms with E-state index in [0.717, 1.165) is 12.8 Å². The Morgan fingerprint density at radius 1 is 1.36 bits per heavy atom. The lowest BCUT2D eigenvalue weighted by Crippen LogP contribution is -2.17. The van der Waals surface area contributed by atoms with Crippen LogP contribution in [-0.4, -0.2) is 13.0 Å². The largest absolute Gasteiger partial charge is 0.330 e. The summed E-state index contributed by atoms with van der Waals surface area (Å²) in [6.45, 7) is 0.394. The molecule has 0 aromatic heterocycles. The Balaban J connectivity index is 0.000001000. The number of hydrogen-bond acceptors (Lipinski definition) is 1. The van der Waals surface area contributed by atoms with E-state index < -0.39 is 12.3 Å². The average molecular weight is 186 g/mol. The zero-order valence-corrected chi connectivity index (χ0v) is 7.12. The minimum absolute atomic E-state index is 0. The first-order valence-corrected chi connectivity index (χ1v) is 3.74. The first-order chi connectivity index (χ1) is 4.75. The molecule has 0 bridgehead atoms. The predicted octanol–water partition coefficient (Wildman–Crippen LogP) is 2.05. The van der Waals surface area contributed by atoms with Crippen molar-refractivity contribution in [1.29, 1.82) is 0 Å². The Labute approximate surface area is 71.7 Å². The summed E-state index contributed by atoms with van der Waals surface area (Å²) in [7, 11) is 0. The molecule has 2 N–H and O–H groups in total. The lowest BCUT2D eigenvalue weighted by molar-refractivity contribution is 0.0616. The number of hydrogen-bond donors (Lipinski definition) is 1. The van der Waals surface area contributed by atoms with Gasteiger partial charge in [0.15, 0.2) is 0 Å². The molecule has 1 fully saturated rings. The molecule has 0 aliphatic heterocycles. The highest BCUT2D eigenvalue weighted by Gasteiger charge is 2.36. The molecule has 68 valence electrons. The molecule has 0 aromatic rings. The Morgan fingerprint density at radius 2 is 1.91 bits per heavy atom. The van der Waals surface area contributed by atoms with E-state index in [0.29, 0.717) is 13.0 Å². The van der Waals surface area contributed by atoms with Crippen LogP contribution < -0.4 is 5.73 Å². The quantitative estimate of drug-likeness (QED) is 0.713. The van der Waals surface area contributed by atoms with Crippen molar-refractivity contribution in [2.24, 2.45) is 17.6 Å². The highest BCUT2D eigenvalue weighted by Crippen LogP contribution is 2.41. The summed E-state index contributed by atoms with van der Waals surface area (Å²) in [6.07, 6.45) is 0.294. The molecule has 0 aromatic carbocycles. The van der Waals surface area contributed by atoms with Crippen LogP contribution in [0, 0.1) is 11.8 Å². The van der Waals surface area contributed by atoms with Gasteiger partial charge in [-0.2, -0.15) is 0 Å². The van der Waals surface area contributed by atoms with E-state index in [4.69, 9.17) is 5.73 Å². The zero-order valence-electron chi connectivity index (χ0n) is 6.30. The van der Waals surface area contributed by atoms with Crippen LogP contribution >= 0.6 is 12.4 Å². The Hall–Kier alpha value is 0.110. The van der Waals surface area contributed by atoms with Gasteiger partial charge in [0.25, 0.3) is 0 Å². The summed E-state index contributed by atoms with van der Waals surface area (Å²) in [5.41, 5.74) is 5.20. The van der Waals surface area contributed by atoms with Crippen LogP contribution in [0.1, 0.15) is 19.3 Å². The maximum Gasteiger partial charge on any atom is 0.241 e. The summed E-state index contributed by atoms with van der Waals surface area (Å²) in [5.74, 6) is -0.131. The first kappa shape index (κ1) is 11.1. The molecule has 1 nitrogen and oxygen atoms in total. The average Bonchev–Trinajstić information content (AvgIpc) is 2.63. The number of alkyl halides is 2. The molecular formula is C7H14ClF2N. The van der Waals surface area contributed by atoms with Gasteiger partial charge in [0.1, 0.15) is 0 Å². The molecule has 1 aliphatic carbocycles. The maximum absolute atomic E-state index is 12.1. The summed E-state index contributed by atoms with van der Waals surface area (Å²) in [6, 6.07) is 0. The van der Waals surface area contributed by atoms with Crippen LogP contribution in [0.4, 0.5) is 8.78 Å². The van der Waals surface area contributed by atoms with Crippen LogP contribution in [0.15, 0.2) is 0 Å². The fourth-order valence-electron chi connectivity index (χ4n) is 1.28. The van der Waals surface area contributed by atoms with Gasteiger partial charge in [-0.05, 0) is 31.7 Å². The monoisotopic (exact) mass is 185 g/mol. The summed E-state index contributed by atoms with van der Waals surface area (Å²) in [5, 5.41) is 0. The molecular weight excluding hydrogens is 172 g/mol. The Bertz CT molecular complexity index is 105. The minimum Gasteiger partial charge on any atom is -0.330 e. The van der Waals surface area contributed by atoms with Gasteiger partial charge in [-0.3, -0.25) is 0 Å². The van der Waals surface area contributed by atoms with E-state index in [-0.39, 0.29) is 18.3 Å². The second-order valence-electron chi connectivity index (χ2n) is 2.91. The van der Waals surface area contributed by atoms with E-state index in [2.05, 4.69) is 0 Å². The highest BCUT2D eigenvalue weighted by molar-refractivity contribution is 5.85. The van der Waals surface area contributed by atoms with Gasteiger partial charge < -0.3 is 5.73 Å². The molecule has 0 radical (unpaired) electrons. The molecule has 1 rings (SSSR count). The molecule has 1 unspecified atom stereocenters. The molecule has 1 saturated carbocycles. The molecule has 4 heteroatoms. The molecule has 0 heterocycles. The molecule has 0 amide bonds. The number of halogens is 3. The zero-order chi connectivity index (χ0) is 7.56. The van der Waals surface area contributed by atoms with Crippen molar-refractivity contribution in [1.82, 2.24) is 0 Å². The lowest BCUT2D eigenvalue weighted by Gasteiger charge is -2.12.